The van der Waals surface area contributed by atoms with E-state index < -0.39 is 34.6 Å². The predicted molar refractivity (Wildman–Crippen MR) is 46.2 cm³/mol. The Bertz CT molecular complexity index is 330. The summed E-state index contributed by atoms with van der Waals surface area (Å²) >= 11 is 0. The van der Waals surface area contributed by atoms with Gasteiger partial charge in [-0.15, -0.1) is 12.4 Å². The van der Waals surface area contributed by atoms with Crippen molar-refractivity contribution in [2.24, 2.45) is 0 Å². The lowest BCUT2D eigenvalue weighted by atomic mass is 10.2. The number of hydrogen-bond acceptors (Lipinski definition) is 3. The monoisotopic (exact) mass is 229 g/mol. The smallest absolute Gasteiger partial charge is 0.212 e. The number of methoxy groups -OCH3 is 1. The first-order valence-corrected chi connectivity index (χ1v) is 3.19. The van der Waals surface area contributed by atoms with Crippen LogP contribution in [0.4, 0.5) is 18.9 Å². The normalized spacial score (nSPS) is 9.43. The lowest BCUT2D eigenvalue weighted by molar-refractivity contribution is 0.331. The summed E-state index contributed by atoms with van der Waals surface area (Å²) in [7, 11) is 0.941. The number of hydrogen-bond donors (Lipinski definition) is 2. The molecule has 0 aliphatic carbocycles. The Morgan fingerprint density at radius 3 is 2.07 bits per heavy atom. The molecule has 0 bridgehead atoms. The molecule has 0 aromatic heterocycles. The Labute approximate surface area is 83.7 Å². The number of nitrogen functional groups attached to an aromatic ring is 1. The standard InChI is InChI=1S/C7H6F3NO2.ClH/c1-13-7-3(9)2(8)5(11)6(12)4(7)10;/h12H,11H2,1H3;1H. The zero-order chi connectivity index (χ0) is 10.2. The zero-order valence-electron chi connectivity index (χ0n) is 6.97. The summed E-state index contributed by atoms with van der Waals surface area (Å²) in [5.41, 5.74) is 3.87. The van der Waals surface area contributed by atoms with Crippen molar-refractivity contribution in [2.45, 2.75) is 0 Å². The number of anilines is 1. The van der Waals surface area contributed by atoms with Crippen LogP contribution in [0.2, 0.25) is 0 Å². The van der Waals surface area contributed by atoms with Gasteiger partial charge in [-0.05, 0) is 0 Å². The van der Waals surface area contributed by atoms with Crippen LogP contribution in [0.15, 0.2) is 0 Å². The van der Waals surface area contributed by atoms with Crippen LogP contribution < -0.4 is 10.5 Å². The molecule has 1 aromatic rings. The summed E-state index contributed by atoms with van der Waals surface area (Å²) in [6.45, 7) is 0. The van der Waals surface area contributed by atoms with E-state index in [2.05, 4.69) is 4.74 Å². The van der Waals surface area contributed by atoms with Crippen molar-refractivity contribution in [3.8, 4) is 11.5 Å². The first-order valence-electron chi connectivity index (χ1n) is 3.19. The fourth-order valence-electron chi connectivity index (χ4n) is 0.823. The van der Waals surface area contributed by atoms with Crippen LogP contribution in [0.5, 0.6) is 11.5 Å². The first kappa shape index (κ1) is 12.7. The number of benzene rings is 1. The fourth-order valence-corrected chi connectivity index (χ4v) is 0.823. The molecule has 0 spiro atoms. The number of rotatable bonds is 1. The topological polar surface area (TPSA) is 55.5 Å². The van der Waals surface area contributed by atoms with Gasteiger partial charge in [0, 0.05) is 0 Å². The highest BCUT2D eigenvalue weighted by atomic mass is 35.5. The van der Waals surface area contributed by atoms with Crippen LogP contribution in [0.1, 0.15) is 0 Å². The maximum absolute atomic E-state index is 12.8. The minimum absolute atomic E-state index is 0. The molecular formula is C7H7ClF3NO2. The number of ether oxygens (including phenoxy) is 1. The van der Waals surface area contributed by atoms with Gasteiger partial charge in [0.05, 0.1) is 7.11 Å². The van der Waals surface area contributed by atoms with Crippen molar-refractivity contribution in [3.63, 3.8) is 0 Å². The highest BCUT2D eigenvalue weighted by molar-refractivity contribution is 5.85. The van der Waals surface area contributed by atoms with Crippen LogP contribution in [0, 0.1) is 17.5 Å². The molecule has 0 fully saturated rings. The summed E-state index contributed by atoms with van der Waals surface area (Å²) in [4.78, 5) is 0. The van der Waals surface area contributed by atoms with Gasteiger partial charge in [0.15, 0.2) is 17.3 Å². The molecule has 7 heteroatoms. The van der Waals surface area contributed by atoms with Gasteiger partial charge in [-0.2, -0.15) is 8.78 Å². The maximum atomic E-state index is 12.8. The molecule has 14 heavy (non-hydrogen) atoms. The third-order valence-corrected chi connectivity index (χ3v) is 1.50. The van der Waals surface area contributed by atoms with E-state index in [1.165, 1.54) is 0 Å². The van der Waals surface area contributed by atoms with Crippen molar-refractivity contribution >= 4 is 18.1 Å². The highest BCUT2D eigenvalue weighted by Crippen LogP contribution is 2.36. The molecule has 0 unspecified atom stereocenters. The second-order valence-electron chi connectivity index (χ2n) is 2.24. The van der Waals surface area contributed by atoms with Crippen LogP contribution >= 0.6 is 12.4 Å². The quantitative estimate of drug-likeness (QED) is 0.439. The Hall–Kier alpha value is -1.30. The van der Waals surface area contributed by atoms with Gasteiger partial charge in [0.1, 0.15) is 5.69 Å². The fraction of sp³-hybridized carbons (Fsp3) is 0.143. The molecule has 0 saturated carbocycles. The lowest BCUT2D eigenvalue weighted by Crippen LogP contribution is -2.02. The third kappa shape index (κ3) is 1.65. The second kappa shape index (κ2) is 4.28. The van der Waals surface area contributed by atoms with E-state index in [1.807, 2.05) is 0 Å². The van der Waals surface area contributed by atoms with E-state index in [-0.39, 0.29) is 12.4 Å². The molecule has 0 saturated heterocycles. The van der Waals surface area contributed by atoms with Crippen molar-refractivity contribution in [2.75, 3.05) is 12.8 Å². The van der Waals surface area contributed by atoms with Crippen molar-refractivity contribution < 1.29 is 23.0 Å². The molecule has 3 nitrogen and oxygen atoms in total. The van der Waals surface area contributed by atoms with Crippen LogP contribution in [-0.2, 0) is 0 Å². The average Bonchev–Trinajstić information content (AvgIpc) is 2.13. The molecular weight excluding hydrogens is 223 g/mol. The summed E-state index contributed by atoms with van der Waals surface area (Å²) in [5, 5.41) is 8.84. The zero-order valence-corrected chi connectivity index (χ0v) is 7.79. The molecule has 0 amide bonds. The van der Waals surface area contributed by atoms with E-state index in [0.717, 1.165) is 7.11 Å². The summed E-state index contributed by atoms with van der Waals surface area (Å²) < 4.78 is 42.5. The third-order valence-electron chi connectivity index (χ3n) is 1.50. The number of aromatic hydroxyl groups is 1. The molecule has 1 aromatic carbocycles. The molecule has 0 aliphatic heterocycles. The van der Waals surface area contributed by atoms with Crippen LogP contribution in [0.25, 0.3) is 0 Å². The Morgan fingerprint density at radius 1 is 1.14 bits per heavy atom. The van der Waals surface area contributed by atoms with E-state index in [0.29, 0.717) is 0 Å². The lowest BCUT2D eigenvalue weighted by Gasteiger charge is -2.08. The van der Waals surface area contributed by atoms with Gasteiger partial charge in [-0.25, -0.2) is 4.39 Å². The minimum atomic E-state index is -1.56. The van der Waals surface area contributed by atoms with Gasteiger partial charge >= 0.3 is 0 Å². The predicted octanol–water partition coefficient (Wildman–Crippen LogP) is 1.82. The number of nitrogens with two attached hydrogens (primary N) is 1. The van der Waals surface area contributed by atoms with Gasteiger partial charge in [0.25, 0.3) is 0 Å². The molecule has 0 heterocycles. The van der Waals surface area contributed by atoms with E-state index in [4.69, 9.17) is 10.8 Å². The Balaban J connectivity index is 0.00000169. The van der Waals surface area contributed by atoms with Gasteiger partial charge in [-0.3, -0.25) is 0 Å². The Kier molecular flexibility index (Phi) is 3.88. The molecule has 0 aliphatic rings. The maximum Gasteiger partial charge on any atom is 0.212 e. The van der Waals surface area contributed by atoms with E-state index in [1.54, 1.807) is 0 Å². The first-order chi connectivity index (χ1) is 6.00. The van der Waals surface area contributed by atoms with Gasteiger partial charge in [-0.1, -0.05) is 0 Å². The second-order valence-corrected chi connectivity index (χ2v) is 2.24. The molecule has 3 N–H and O–H groups in total. The highest BCUT2D eigenvalue weighted by Gasteiger charge is 2.23. The largest absolute Gasteiger partial charge is 0.503 e. The number of phenols is 1. The molecule has 0 radical (unpaired) electrons. The van der Waals surface area contributed by atoms with Crippen LogP contribution in [-0.4, -0.2) is 12.2 Å². The van der Waals surface area contributed by atoms with Gasteiger partial charge < -0.3 is 15.6 Å². The number of phenolic OH excluding ortho intramolecular Hbond substituents is 1. The van der Waals surface area contributed by atoms with Gasteiger partial charge in [0.2, 0.25) is 11.6 Å². The van der Waals surface area contributed by atoms with E-state index in [9.17, 15) is 13.2 Å². The molecule has 1 rings (SSSR count). The SMILES string of the molecule is COc1c(F)c(O)c(N)c(F)c1F.Cl. The summed E-state index contributed by atoms with van der Waals surface area (Å²) in [6.07, 6.45) is 0. The van der Waals surface area contributed by atoms with Crippen LogP contribution in [0.3, 0.4) is 0 Å². The summed E-state index contributed by atoms with van der Waals surface area (Å²) in [6, 6.07) is 0. The van der Waals surface area contributed by atoms with Crippen molar-refractivity contribution in [1.29, 1.82) is 0 Å². The summed E-state index contributed by atoms with van der Waals surface area (Å²) in [5.74, 6) is -6.66. The van der Waals surface area contributed by atoms with Crippen molar-refractivity contribution in [1.82, 2.24) is 0 Å². The van der Waals surface area contributed by atoms with Crippen molar-refractivity contribution in [3.05, 3.63) is 17.5 Å². The van der Waals surface area contributed by atoms with E-state index >= 15 is 0 Å². The Morgan fingerprint density at radius 2 is 1.64 bits per heavy atom. The molecule has 0 atom stereocenters. The minimum Gasteiger partial charge on any atom is -0.503 e. The average molecular weight is 230 g/mol. The number of halogens is 4. The molecule has 80 valence electrons.